The van der Waals surface area contributed by atoms with Crippen LogP contribution in [0.5, 0.6) is 0 Å². The van der Waals surface area contributed by atoms with Gasteiger partial charge in [-0.2, -0.15) is 0 Å². The molecule has 1 fully saturated rings. The molecule has 0 radical (unpaired) electrons. The number of piperidine rings is 1. The van der Waals surface area contributed by atoms with E-state index in [-0.39, 0.29) is 5.91 Å². The quantitative estimate of drug-likeness (QED) is 0.931. The van der Waals surface area contributed by atoms with Crippen LogP contribution >= 0.6 is 11.6 Å². The van der Waals surface area contributed by atoms with Crippen molar-refractivity contribution in [3.05, 3.63) is 47.2 Å². The van der Waals surface area contributed by atoms with Crippen molar-refractivity contribution in [2.45, 2.75) is 19.8 Å². The van der Waals surface area contributed by atoms with Crippen molar-refractivity contribution in [1.29, 1.82) is 0 Å². The van der Waals surface area contributed by atoms with E-state index in [1.165, 1.54) is 0 Å². The zero-order chi connectivity index (χ0) is 16.2. The molecule has 23 heavy (non-hydrogen) atoms. The molecule has 6 heteroatoms. The molecule has 1 amide bonds. The maximum Gasteiger partial charge on any atom is 0.256 e. The van der Waals surface area contributed by atoms with Crippen molar-refractivity contribution in [2.75, 3.05) is 18.4 Å². The Balaban J connectivity index is 1.64. The average Bonchev–Trinajstić information content (AvgIpc) is 2.58. The van der Waals surface area contributed by atoms with Crippen LogP contribution < -0.4 is 5.32 Å². The number of halogens is 1. The second kappa shape index (κ2) is 6.96. The van der Waals surface area contributed by atoms with E-state index in [1.54, 1.807) is 24.5 Å². The van der Waals surface area contributed by atoms with Crippen LogP contribution in [0.2, 0.25) is 5.02 Å². The Bertz CT molecular complexity index is 664. The van der Waals surface area contributed by atoms with Crippen molar-refractivity contribution in [2.24, 2.45) is 5.92 Å². The minimum absolute atomic E-state index is 0.00921. The molecule has 0 atom stereocenters. The molecular weight excluding hydrogens is 312 g/mol. The summed E-state index contributed by atoms with van der Waals surface area (Å²) in [7, 11) is 0. The number of nitrogens with zero attached hydrogens (tertiary/aromatic N) is 3. The van der Waals surface area contributed by atoms with Gasteiger partial charge in [0.05, 0.1) is 5.56 Å². The van der Waals surface area contributed by atoms with Gasteiger partial charge in [-0.15, -0.1) is 0 Å². The summed E-state index contributed by atoms with van der Waals surface area (Å²) in [6.07, 6.45) is 5.27. The first-order valence-corrected chi connectivity index (χ1v) is 8.13. The highest BCUT2D eigenvalue weighted by Gasteiger charge is 2.21. The lowest BCUT2D eigenvalue weighted by atomic mass is 9.99. The minimum Gasteiger partial charge on any atom is -0.339 e. The van der Waals surface area contributed by atoms with Crippen molar-refractivity contribution in [3.63, 3.8) is 0 Å². The van der Waals surface area contributed by atoms with Gasteiger partial charge in [0, 0.05) is 36.2 Å². The summed E-state index contributed by atoms with van der Waals surface area (Å²) in [6, 6.07) is 7.28. The van der Waals surface area contributed by atoms with Gasteiger partial charge >= 0.3 is 0 Å². The molecule has 0 spiro atoms. The molecule has 2 heterocycles. The van der Waals surface area contributed by atoms with E-state index in [0.717, 1.165) is 31.6 Å². The molecule has 0 aliphatic carbocycles. The first-order chi connectivity index (χ1) is 11.1. The van der Waals surface area contributed by atoms with E-state index in [0.29, 0.717) is 22.5 Å². The molecule has 0 bridgehead atoms. The Labute approximate surface area is 140 Å². The van der Waals surface area contributed by atoms with Crippen LogP contribution in [0.3, 0.4) is 0 Å². The number of likely N-dealkylation sites (tertiary alicyclic amines) is 1. The van der Waals surface area contributed by atoms with Crippen LogP contribution in [-0.4, -0.2) is 33.9 Å². The maximum absolute atomic E-state index is 12.4. The van der Waals surface area contributed by atoms with Crippen molar-refractivity contribution >= 4 is 29.1 Å². The third-order valence-corrected chi connectivity index (χ3v) is 4.32. The van der Waals surface area contributed by atoms with Crippen LogP contribution in [0, 0.1) is 5.92 Å². The fourth-order valence-corrected chi connectivity index (χ4v) is 2.69. The van der Waals surface area contributed by atoms with Crippen LogP contribution in [0.4, 0.5) is 11.6 Å². The van der Waals surface area contributed by atoms with E-state index >= 15 is 0 Å². The van der Waals surface area contributed by atoms with Gasteiger partial charge in [0.25, 0.3) is 5.91 Å². The topological polar surface area (TPSA) is 58.1 Å². The lowest BCUT2D eigenvalue weighted by Crippen LogP contribution is -2.38. The van der Waals surface area contributed by atoms with Gasteiger partial charge in [-0.1, -0.05) is 18.5 Å². The van der Waals surface area contributed by atoms with E-state index in [4.69, 9.17) is 11.6 Å². The Morgan fingerprint density at radius 1 is 1.17 bits per heavy atom. The molecule has 1 aliphatic heterocycles. The molecule has 1 saturated heterocycles. The number of rotatable bonds is 3. The lowest BCUT2D eigenvalue weighted by Gasteiger charge is -2.30. The molecule has 1 aliphatic rings. The smallest absolute Gasteiger partial charge is 0.256 e. The highest BCUT2D eigenvalue weighted by atomic mass is 35.5. The second-order valence-corrected chi connectivity index (χ2v) is 6.34. The number of carbonyl (C=O) groups excluding carboxylic acids is 1. The highest BCUT2D eigenvalue weighted by Crippen LogP contribution is 2.19. The summed E-state index contributed by atoms with van der Waals surface area (Å²) in [5.74, 6) is 1.16. The van der Waals surface area contributed by atoms with Crippen molar-refractivity contribution in [3.8, 4) is 0 Å². The minimum atomic E-state index is 0.00921. The average molecular weight is 331 g/mol. The molecule has 0 unspecified atom stereocenters. The van der Waals surface area contributed by atoms with Gasteiger partial charge in [-0.05, 0) is 43.0 Å². The molecule has 3 rings (SSSR count). The first-order valence-electron chi connectivity index (χ1n) is 7.76. The molecule has 5 nitrogen and oxygen atoms in total. The Morgan fingerprint density at radius 2 is 1.78 bits per heavy atom. The first kappa shape index (κ1) is 15.7. The van der Waals surface area contributed by atoms with Crippen molar-refractivity contribution in [1.82, 2.24) is 14.9 Å². The Hall–Kier alpha value is -2.14. The zero-order valence-electron chi connectivity index (χ0n) is 13.0. The number of hydrogen-bond donors (Lipinski definition) is 1. The van der Waals surface area contributed by atoms with Gasteiger partial charge < -0.3 is 10.2 Å². The van der Waals surface area contributed by atoms with Crippen molar-refractivity contribution < 1.29 is 4.79 Å². The fourth-order valence-electron chi connectivity index (χ4n) is 2.56. The van der Waals surface area contributed by atoms with Gasteiger partial charge in [-0.25, -0.2) is 9.97 Å². The van der Waals surface area contributed by atoms with E-state index in [9.17, 15) is 4.79 Å². The van der Waals surface area contributed by atoms with Crippen LogP contribution in [-0.2, 0) is 0 Å². The van der Waals surface area contributed by atoms with Crippen LogP contribution in [0.25, 0.3) is 0 Å². The molecular formula is C17H19ClN4O. The molecule has 0 saturated carbocycles. The summed E-state index contributed by atoms with van der Waals surface area (Å²) in [5.41, 5.74) is 1.37. The number of carbonyl (C=O) groups is 1. The number of aromatic nitrogens is 2. The molecule has 1 aromatic carbocycles. The lowest BCUT2D eigenvalue weighted by molar-refractivity contribution is 0.0696. The van der Waals surface area contributed by atoms with Gasteiger partial charge in [0.15, 0.2) is 0 Å². The highest BCUT2D eigenvalue weighted by molar-refractivity contribution is 6.30. The maximum atomic E-state index is 12.4. The third kappa shape index (κ3) is 3.99. The Kier molecular flexibility index (Phi) is 4.76. The van der Waals surface area contributed by atoms with Crippen LogP contribution in [0.15, 0.2) is 36.7 Å². The molecule has 120 valence electrons. The standard InChI is InChI=1S/C17H19ClN4O/c1-12-6-8-22(9-7-12)16(23)13-10-19-17(20-11-13)21-15-4-2-14(18)3-5-15/h2-5,10-12H,6-9H2,1H3,(H,19,20,21). The monoisotopic (exact) mass is 330 g/mol. The summed E-state index contributed by atoms with van der Waals surface area (Å²) in [5, 5.41) is 3.75. The van der Waals surface area contributed by atoms with E-state index in [2.05, 4.69) is 22.2 Å². The Morgan fingerprint density at radius 3 is 2.39 bits per heavy atom. The summed E-state index contributed by atoms with van der Waals surface area (Å²) < 4.78 is 0. The molecule has 1 aromatic heterocycles. The molecule has 1 N–H and O–H groups in total. The summed E-state index contributed by atoms with van der Waals surface area (Å²) >= 11 is 5.85. The second-order valence-electron chi connectivity index (χ2n) is 5.90. The number of amides is 1. The SMILES string of the molecule is CC1CCN(C(=O)c2cnc(Nc3ccc(Cl)cc3)nc2)CC1. The number of hydrogen-bond acceptors (Lipinski definition) is 4. The predicted octanol–water partition coefficient (Wildman–Crippen LogP) is 3.75. The van der Waals surface area contributed by atoms with Gasteiger partial charge in [0.2, 0.25) is 5.95 Å². The zero-order valence-corrected chi connectivity index (χ0v) is 13.8. The summed E-state index contributed by atoms with van der Waals surface area (Å²) in [6.45, 7) is 3.84. The normalized spacial score (nSPS) is 15.5. The fraction of sp³-hybridized carbons (Fsp3) is 0.353. The van der Waals surface area contributed by atoms with Crippen LogP contribution in [0.1, 0.15) is 30.1 Å². The third-order valence-electron chi connectivity index (χ3n) is 4.07. The van der Waals surface area contributed by atoms with Gasteiger partial charge in [-0.3, -0.25) is 4.79 Å². The van der Waals surface area contributed by atoms with E-state index < -0.39 is 0 Å². The number of nitrogens with one attached hydrogen (secondary N) is 1. The number of anilines is 2. The predicted molar refractivity (Wildman–Crippen MR) is 91.1 cm³/mol. The van der Waals surface area contributed by atoms with Gasteiger partial charge in [0.1, 0.15) is 0 Å². The molecule has 2 aromatic rings. The number of benzene rings is 1. The largest absolute Gasteiger partial charge is 0.339 e. The van der Waals surface area contributed by atoms with E-state index in [1.807, 2.05) is 17.0 Å². The summed E-state index contributed by atoms with van der Waals surface area (Å²) in [4.78, 5) is 22.8.